The molecule has 2 rings (SSSR count). The number of hydrogen-bond donors (Lipinski definition) is 0. The molecule has 1 saturated heterocycles. The van der Waals surface area contributed by atoms with Gasteiger partial charge in [0.05, 0.1) is 28.4 Å². The van der Waals surface area contributed by atoms with Gasteiger partial charge in [-0.3, -0.25) is 10.1 Å². The lowest BCUT2D eigenvalue weighted by molar-refractivity contribution is -0.385. The van der Waals surface area contributed by atoms with Gasteiger partial charge < -0.3 is 9.64 Å². The Labute approximate surface area is 172 Å². The molecule has 0 bridgehead atoms. The molecule has 156 valence electrons. The summed E-state index contributed by atoms with van der Waals surface area (Å²) in [6.45, 7) is 17.4. The monoisotopic (exact) mass is 407 g/mol. The van der Waals surface area contributed by atoms with E-state index in [0.29, 0.717) is 11.5 Å². The Kier molecular flexibility index (Phi) is 7.15. The number of amidine groups is 1. The van der Waals surface area contributed by atoms with Crippen molar-refractivity contribution >= 4 is 28.3 Å². The van der Waals surface area contributed by atoms with Crippen LogP contribution in [0.4, 0.5) is 11.4 Å². The molecule has 6 nitrogen and oxygen atoms in total. The first-order valence-corrected chi connectivity index (χ1v) is 10.8. The van der Waals surface area contributed by atoms with E-state index in [0.717, 1.165) is 28.7 Å². The van der Waals surface area contributed by atoms with Gasteiger partial charge in [0.15, 0.2) is 5.17 Å². The highest BCUT2D eigenvalue weighted by molar-refractivity contribution is 8.14. The van der Waals surface area contributed by atoms with Gasteiger partial charge in [-0.15, -0.1) is 0 Å². The van der Waals surface area contributed by atoms with E-state index in [4.69, 9.17) is 9.73 Å². The second kappa shape index (κ2) is 8.82. The van der Waals surface area contributed by atoms with Crippen LogP contribution in [0.1, 0.15) is 52.7 Å². The summed E-state index contributed by atoms with van der Waals surface area (Å²) in [5, 5.41) is 12.2. The minimum Gasteiger partial charge on any atom is -0.371 e. The van der Waals surface area contributed by atoms with Crippen molar-refractivity contribution < 1.29 is 9.66 Å². The van der Waals surface area contributed by atoms with Gasteiger partial charge in [0.2, 0.25) is 0 Å². The topological polar surface area (TPSA) is 68.0 Å². The molecule has 0 radical (unpaired) electrons. The molecule has 1 aliphatic heterocycles. The minimum absolute atomic E-state index is 0.0821. The maximum absolute atomic E-state index is 11.2. The summed E-state index contributed by atoms with van der Waals surface area (Å²) in [6, 6.07) is 3.56. The highest BCUT2D eigenvalue weighted by Crippen LogP contribution is 2.34. The first kappa shape index (κ1) is 22.7. The Morgan fingerprint density at radius 1 is 1.29 bits per heavy atom. The molecule has 1 aliphatic rings. The molecule has 7 heteroatoms. The molecule has 0 unspecified atom stereocenters. The lowest BCUT2D eigenvalue weighted by atomic mass is 10.1. The van der Waals surface area contributed by atoms with Crippen LogP contribution in [0.3, 0.4) is 0 Å². The maximum atomic E-state index is 11.2. The van der Waals surface area contributed by atoms with Gasteiger partial charge in [-0.25, -0.2) is 4.99 Å². The van der Waals surface area contributed by atoms with Gasteiger partial charge in [-0.2, -0.15) is 0 Å². The normalized spacial score (nSPS) is 20.2. The van der Waals surface area contributed by atoms with E-state index in [2.05, 4.69) is 46.4 Å². The van der Waals surface area contributed by atoms with E-state index in [1.807, 2.05) is 6.92 Å². The average molecular weight is 408 g/mol. The van der Waals surface area contributed by atoms with E-state index >= 15 is 0 Å². The van der Waals surface area contributed by atoms with Gasteiger partial charge >= 0.3 is 0 Å². The van der Waals surface area contributed by atoms with Gasteiger partial charge in [0.1, 0.15) is 0 Å². The number of thioether (sulfide) groups is 1. The van der Waals surface area contributed by atoms with Crippen molar-refractivity contribution in [2.45, 2.75) is 73.1 Å². The zero-order valence-corrected chi connectivity index (χ0v) is 19.1. The summed E-state index contributed by atoms with van der Waals surface area (Å²) in [5.41, 5.74) is 2.27. The summed E-state index contributed by atoms with van der Waals surface area (Å²) in [7, 11) is 0. The summed E-state index contributed by atoms with van der Waals surface area (Å²) >= 11 is 1.74. The quantitative estimate of drug-likeness (QED) is 0.461. The van der Waals surface area contributed by atoms with E-state index in [9.17, 15) is 10.1 Å². The number of rotatable bonds is 6. The van der Waals surface area contributed by atoms with Crippen molar-refractivity contribution in [3.63, 3.8) is 0 Å². The molecule has 1 heterocycles. The molecule has 0 amide bonds. The second-order valence-corrected chi connectivity index (χ2v) is 9.85. The zero-order valence-electron chi connectivity index (χ0n) is 18.3. The summed E-state index contributed by atoms with van der Waals surface area (Å²) in [5.74, 6) is 1.42. The number of ether oxygens (including phenoxy) is 1. The van der Waals surface area contributed by atoms with Crippen molar-refractivity contribution in [3.8, 4) is 0 Å². The van der Waals surface area contributed by atoms with Crippen molar-refractivity contribution in [3.05, 3.63) is 33.4 Å². The lowest BCUT2D eigenvalue weighted by Gasteiger charge is -2.35. The first-order valence-electron chi connectivity index (χ1n) is 9.81. The number of hydrogen-bond acceptors (Lipinski definition) is 5. The lowest BCUT2D eigenvalue weighted by Crippen LogP contribution is -2.46. The Morgan fingerprint density at radius 2 is 1.93 bits per heavy atom. The van der Waals surface area contributed by atoms with Crippen LogP contribution in [-0.4, -0.2) is 45.0 Å². The van der Waals surface area contributed by atoms with Crippen molar-refractivity contribution in [1.29, 1.82) is 0 Å². The van der Waals surface area contributed by atoms with Crippen LogP contribution < -0.4 is 0 Å². The van der Waals surface area contributed by atoms with Crippen LogP contribution >= 0.6 is 11.8 Å². The fourth-order valence-corrected chi connectivity index (χ4v) is 4.73. The van der Waals surface area contributed by atoms with Crippen molar-refractivity contribution in [2.75, 3.05) is 12.3 Å². The second-order valence-electron chi connectivity index (χ2n) is 8.87. The molecule has 1 aromatic rings. The molecule has 1 aromatic carbocycles. The van der Waals surface area contributed by atoms with Crippen LogP contribution in [0.5, 0.6) is 0 Å². The van der Waals surface area contributed by atoms with Gasteiger partial charge in [0, 0.05) is 23.9 Å². The predicted molar refractivity (Wildman–Crippen MR) is 118 cm³/mol. The van der Waals surface area contributed by atoms with Crippen molar-refractivity contribution in [1.82, 2.24) is 4.90 Å². The van der Waals surface area contributed by atoms with Crippen LogP contribution in [0.2, 0.25) is 0 Å². The molecule has 0 spiro atoms. The number of nitro groups is 1. The fraction of sp³-hybridized carbons (Fsp3) is 0.667. The van der Waals surface area contributed by atoms with Crippen LogP contribution in [0, 0.1) is 29.9 Å². The van der Waals surface area contributed by atoms with Crippen molar-refractivity contribution in [2.24, 2.45) is 10.9 Å². The van der Waals surface area contributed by atoms with Crippen LogP contribution in [0.15, 0.2) is 17.1 Å². The number of nitro benzene ring substituents is 1. The van der Waals surface area contributed by atoms with Crippen LogP contribution in [0.25, 0.3) is 0 Å². The number of benzene rings is 1. The summed E-state index contributed by atoms with van der Waals surface area (Å²) in [6.07, 6.45) is 0.0821. The number of aliphatic imine (C=N–C) groups is 1. The predicted octanol–water partition coefficient (Wildman–Crippen LogP) is 5.48. The first-order chi connectivity index (χ1) is 12.9. The average Bonchev–Trinajstić information content (AvgIpc) is 2.92. The molecule has 0 N–H and O–H groups in total. The van der Waals surface area contributed by atoms with Gasteiger partial charge in [-0.1, -0.05) is 25.6 Å². The van der Waals surface area contributed by atoms with E-state index in [-0.39, 0.29) is 28.4 Å². The Balaban J connectivity index is 2.36. The SMILES string of the molecule is Cc1c(N=C2SC[C@@H]([C@@H](C)OC(C)(C)C)N2CC(C)C)ccc([N+](=O)[O-])c1C. The smallest absolute Gasteiger partial charge is 0.272 e. The van der Waals surface area contributed by atoms with Gasteiger partial charge in [-0.05, 0) is 59.1 Å². The van der Waals surface area contributed by atoms with Crippen LogP contribution in [-0.2, 0) is 4.74 Å². The number of nitrogens with zero attached hydrogens (tertiary/aromatic N) is 3. The molecule has 0 aromatic heterocycles. The Bertz CT molecular complexity index is 756. The van der Waals surface area contributed by atoms with Gasteiger partial charge in [0.25, 0.3) is 5.69 Å². The molecule has 0 saturated carbocycles. The fourth-order valence-electron chi connectivity index (χ4n) is 3.42. The Hall–Kier alpha value is -1.60. The summed E-state index contributed by atoms with van der Waals surface area (Å²) in [4.78, 5) is 18.1. The third-order valence-corrected chi connectivity index (χ3v) is 5.91. The molecule has 0 aliphatic carbocycles. The van der Waals surface area contributed by atoms with E-state index in [1.165, 1.54) is 0 Å². The highest BCUT2D eigenvalue weighted by Gasteiger charge is 2.36. The standard InChI is InChI=1S/C21H33N3O3S/c1-13(2)11-23-19(16(5)27-21(6,7)8)12-28-20(23)22-17-9-10-18(24(25)26)15(4)14(17)3/h9-10,13,16,19H,11-12H2,1-8H3/t16-,19+/m1/s1. The van der Waals surface area contributed by atoms with E-state index in [1.54, 1.807) is 30.8 Å². The molecular weight excluding hydrogens is 374 g/mol. The third-order valence-electron chi connectivity index (χ3n) is 4.82. The Morgan fingerprint density at radius 3 is 2.46 bits per heavy atom. The largest absolute Gasteiger partial charge is 0.371 e. The molecule has 28 heavy (non-hydrogen) atoms. The maximum Gasteiger partial charge on any atom is 0.272 e. The summed E-state index contributed by atoms with van der Waals surface area (Å²) < 4.78 is 6.23. The molecule has 2 atom stereocenters. The minimum atomic E-state index is -0.337. The molecular formula is C21H33N3O3S. The zero-order chi connectivity index (χ0) is 21.2. The molecule has 1 fully saturated rings. The highest BCUT2D eigenvalue weighted by atomic mass is 32.2. The van der Waals surface area contributed by atoms with E-state index < -0.39 is 0 Å². The third kappa shape index (κ3) is 5.47.